The third kappa shape index (κ3) is 1.61. The Hall–Kier alpha value is -1.36. The first-order valence-electron chi connectivity index (χ1n) is 8.89. The average molecular weight is 313 g/mol. The molecule has 6 rings (SSSR count). The molecule has 122 valence electrons. The Kier molecular flexibility index (Phi) is 2.80. The van der Waals surface area contributed by atoms with Gasteiger partial charge in [-0.1, -0.05) is 24.3 Å². The van der Waals surface area contributed by atoms with Crippen LogP contribution >= 0.6 is 0 Å². The molecule has 4 nitrogen and oxygen atoms in total. The molecule has 1 aromatic carbocycles. The van der Waals surface area contributed by atoms with Crippen LogP contribution in [0, 0.1) is 11.8 Å². The Balaban J connectivity index is 1.57. The van der Waals surface area contributed by atoms with Crippen molar-refractivity contribution in [2.45, 2.75) is 36.6 Å². The van der Waals surface area contributed by atoms with Gasteiger partial charge in [0.1, 0.15) is 11.6 Å². The van der Waals surface area contributed by atoms with Gasteiger partial charge in [0.15, 0.2) is 0 Å². The van der Waals surface area contributed by atoms with Crippen molar-refractivity contribution < 1.29 is 14.7 Å². The van der Waals surface area contributed by atoms with Crippen LogP contribution < -0.4 is 10.2 Å². The summed E-state index contributed by atoms with van der Waals surface area (Å²) in [5, 5.41) is 15.2. The number of quaternary nitrogens is 1. The number of hydrogen-bond donors (Lipinski definition) is 3. The fourth-order valence-electron chi connectivity index (χ4n) is 5.73. The highest BCUT2D eigenvalue weighted by Crippen LogP contribution is 2.54. The molecule has 0 spiro atoms. The largest absolute Gasteiger partial charge is 0.380 e. The molecule has 5 aliphatic heterocycles. The second kappa shape index (κ2) is 4.59. The number of nitrogens with one attached hydrogen (secondary N) is 2. The minimum absolute atomic E-state index is 0.303. The summed E-state index contributed by atoms with van der Waals surface area (Å²) in [4.78, 5) is 1.57. The molecule has 0 radical (unpaired) electrons. The van der Waals surface area contributed by atoms with Crippen molar-refractivity contribution in [3.05, 3.63) is 42.5 Å². The van der Waals surface area contributed by atoms with Crippen LogP contribution in [0.2, 0.25) is 0 Å². The lowest BCUT2D eigenvalue weighted by Crippen LogP contribution is -3.22. The van der Waals surface area contributed by atoms with Crippen LogP contribution in [-0.2, 0) is 10.3 Å². The molecular weight excluding hydrogens is 288 g/mol. The van der Waals surface area contributed by atoms with E-state index in [9.17, 15) is 5.11 Å². The molecule has 4 fully saturated rings. The summed E-state index contributed by atoms with van der Waals surface area (Å²) in [5.41, 5.74) is 0.496. The van der Waals surface area contributed by atoms with Crippen LogP contribution in [0.5, 0.6) is 0 Å². The summed E-state index contributed by atoms with van der Waals surface area (Å²) in [7, 11) is 0. The molecule has 3 N–H and O–H groups in total. The van der Waals surface area contributed by atoms with Gasteiger partial charge in [0.25, 0.3) is 0 Å². The van der Waals surface area contributed by atoms with Gasteiger partial charge in [-0.3, -0.25) is 0 Å². The quantitative estimate of drug-likeness (QED) is 0.711. The molecule has 23 heavy (non-hydrogen) atoms. The topological polar surface area (TPSA) is 45.9 Å². The van der Waals surface area contributed by atoms with E-state index in [0.29, 0.717) is 30.9 Å². The van der Waals surface area contributed by atoms with E-state index in [-0.39, 0.29) is 0 Å². The summed E-state index contributed by atoms with van der Waals surface area (Å²) in [6.07, 6.45) is 5.19. The molecule has 0 saturated carbocycles. The highest BCUT2D eigenvalue weighted by atomic mass is 16.5. The molecule has 1 unspecified atom stereocenters. The Morgan fingerprint density at radius 3 is 3.04 bits per heavy atom. The number of fused-ring (bicyclic) bond motifs is 7. The number of rotatable bonds is 2. The summed E-state index contributed by atoms with van der Waals surface area (Å²) >= 11 is 0. The summed E-state index contributed by atoms with van der Waals surface area (Å²) < 4.78 is 6.30. The zero-order valence-electron chi connectivity index (χ0n) is 13.4. The van der Waals surface area contributed by atoms with E-state index in [4.69, 9.17) is 4.74 Å². The smallest absolute Gasteiger partial charge is 0.225 e. The number of aliphatic hydroxyl groups is 1. The van der Waals surface area contributed by atoms with E-state index < -0.39 is 11.3 Å². The molecule has 4 heteroatoms. The van der Waals surface area contributed by atoms with Crippen molar-refractivity contribution in [3.8, 4) is 0 Å². The van der Waals surface area contributed by atoms with Gasteiger partial charge < -0.3 is 20.1 Å². The Labute approximate surface area is 137 Å². The highest BCUT2D eigenvalue weighted by Gasteiger charge is 2.70. The maximum atomic E-state index is 11.6. The van der Waals surface area contributed by atoms with Crippen molar-refractivity contribution in [3.63, 3.8) is 0 Å². The van der Waals surface area contributed by atoms with Gasteiger partial charge in [-0.25, -0.2) is 0 Å². The predicted octanol–water partition coefficient (Wildman–Crippen LogP) is 0.896. The van der Waals surface area contributed by atoms with Crippen molar-refractivity contribution in [1.82, 2.24) is 0 Å². The summed E-state index contributed by atoms with van der Waals surface area (Å²) in [6, 6.07) is 8.46. The molecule has 2 bridgehead atoms. The number of benzene rings is 1. The van der Waals surface area contributed by atoms with Crippen molar-refractivity contribution >= 4 is 5.69 Å². The fourth-order valence-corrected chi connectivity index (χ4v) is 5.73. The molecule has 5 aliphatic rings. The highest BCUT2D eigenvalue weighted by molar-refractivity contribution is 5.63. The lowest BCUT2D eigenvalue weighted by molar-refractivity contribution is -0.953. The Morgan fingerprint density at radius 2 is 2.26 bits per heavy atom. The Bertz CT molecular complexity index is 663. The van der Waals surface area contributed by atoms with Gasteiger partial charge in [0, 0.05) is 36.4 Å². The van der Waals surface area contributed by atoms with Gasteiger partial charge in [0.2, 0.25) is 5.72 Å². The van der Waals surface area contributed by atoms with Crippen molar-refractivity contribution in [1.29, 1.82) is 0 Å². The molecule has 5 heterocycles. The monoisotopic (exact) mass is 313 g/mol. The van der Waals surface area contributed by atoms with Crippen LogP contribution in [0.4, 0.5) is 5.69 Å². The normalized spacial score (nSPS) is 47.0. The standard InChI is InChI=1S/C19H24N2O2/c1-2-13-12-21-9-7-14(13)11-17(21)19-18(22,8-10-23-19)15-5-3-4-6-16(15)20-19/h2-6,13-14,17,20,22H,1,7-12H2/p+1/t13-,14-,17-,18-,19+/m1/s1. The minimum Gasteiger partial charge on any atom is -0.380 e. The van der Waals surface area contributed by atoms with Gasteiger partial charge in [-0.2, -0.15) is 0 Å². The first-order chi connectivity index (χ1) is 11.2. The van der Waals surface area contributed by atoms with Crippen LogP contribution in [0.1, 0.15) is 24.8 Å². The second-order valence-corrected chi connectivity index (χ2v) is 7.71. The maximum absolute atomic E-state index is 11.6. The van der Waals surface area contributed by atoms with E-state index >= 15 is 0 Å². The summed E-state index contributed by atoms with van der Waals surface area (Å²) in [6.45, 7) is 6.95. The van der Waals surface area contributed by atoms with Crippen molar-refractivity contribution in [2.24, 2.45) is 11.8 Å². The van der Waals surface area contributed by atoms with Crippen LogP contribution in [0.3, 0.4) is 0 Å². The molecule has 6 atom stereocenters. The van der Waals surface area contributed by atoms with Crippen LogP contribution in [0.25, 0.3) is 0 Å². The van der Waals surface area contributed by atoms with E-state index in [1.165, 1.54) is 13.0 Å². The van der Waals surface area contributed by atoms with Gasteiger partial charge in [-0.05, 0) is 12.0 Å². The lowest BCUT2D eigenvalue weighted by Gasteiger charge is -2.52. The number of hydrogen-bond acceptors (Lipinski definition) is 3. The molecule has 0 aromatic heterocycles. The molecular formula is C19H25N2O2+. The number of ether oxygens (including phenoxy) is 1. The molecule has 0 aliphatic carbocycles. The fraction of sp³-hybridized carbons (Fsp3) is 0.579. The van der Waals surface area contributed by atoms with E-state index in [2.05, 4.69) is 30.1 Å². The molecule has 4 saturated heterocycles. The minimum atomic E-state index is -0.900. The van der Waals surface area contributed by atoms with Gasteiger partial charge in [-0.15, -0.1) is 6.58 Å². The van der Waals surface area contributed by atoms with E-state index in [1.807, 2.05) is 12.1 Å². The number of anilines is 1. The van der Waals surface area contributed by atoms with E-state index in [1.54, 1.807) is 4.90 Å². The van der Waals surface area contributed by atoms with E-state index in [0.717, 1.165) is 24.2 Å². The average Bonchev–Trinajstić information content (AvgIpc) is 3.05. The zero-order valence-corrected chi connectivity index (χ0v) is 13.4. The number of para-hydroxylation sites is 1. The van der Waals surface area contributed by atoms with Gasteiger partial charge >= 0.3 is 0 Å². The van der Waals surface area contributed by atoms with Crippen LogP contribution in [0.15, 0.2) is 36.9 Å². The third-order valence-electron chi connectivity index (χ3n) is 6.87. The summed E-state index contributed by atoms with van der Waals surface area (Å²) in [5.74, 6) is 1.30. The Morgan fingerprint density at radius 1 is 1.39 bits per heavy atom. The van der Waals surface area contributed by atoms with Gasteiger partial charge in [0.05, 0.1) is 19.7 Å². The van der Waals surface area contributed by atoms with Crippen molar-refractivity contribution in [2.75, 3.05) is 25.0 Å². The predicted molar refractivity (Wildman–Crippen MR) is 88.2 cm³/mol. The maximum Gasteiger partial charge on any atom is 0.225 e. The second-order valence-electron chi connectivity index (χ2n) is 7.71. The lowest BCUT2D eigenvalue weighted by atomic mass is 9.70. The number of piperidine rings is 3. The molecule has 1 aromatic rings. The first kappa shape index (κ1) is 14.0. The first-order valence-corrected chi connectivity index (χ1v) is 8.89. The zero-order chi connectivity index (χ0) is 15.7. The third-order valence-corrected chi connectivity index (χ3v) is 6.87. The SMILES string of the molecule is C=C[C@@H]1C[NH+]2CC[C@@H]1C[C@@H]2[C@@]12Nc3ccccc3[C@]1(O)CCO2. The molecule has 0 amide bonds. The van der Waals surface area contributed by atoms with Crippen LogP contribution in [-0.4, -0.2) is 36.6 Å².